The lowest BCUT2D eigenvalue weighted by Gasteiger charge is -2.40. The van der Waals surface area contributed by atoms with Gasteiger partial charge in [0.25, 0.3) is 0 Å². The number of benzene rings is 3. The quantitative estimate of drug-likeness (QED) is 0.114. The Kier molecular flexibility index (Phi) is 9.34. The Morgan fingerprint density at radius 3 is 2.33 bits per heavy atom. The molecule has 0 unspecified atom stereocenters. The molecule has 0 radical (unpaired) electrons. The van der Waals surface area contributed by atoms with Crippen molar-refractivity contribution in [2.75, 3.05) is 20.8 Å². The molecule has 2 heterocycles. The molecule has 46 heavy (non-hydrogen) atoms. The lowest BCUT2D eigenvalue weighted by Crippen LogP contribution is -2.60. The minimum absolute atomic E-state index is 0.00274. The van der Waals surface area contributed by atoms with Crippen molar-refractivity contribution < 1.29 is 63.5 Å². The predicted molar refractivity (Wildman–Crippen MR) is 160 cm³/mol. The summed E-state index contributed by atoms with van der Waals surface area (Å²) in [6.07, 6.45) is -5.87. The summed E-state index contributed by atoms with van der Waals surface area (Å²) in [5.41, 5.74) is 0.233. The van der Waals surface area contributed by atoms with Crippen molar-refractivity contribution in [3.8, 4) is 45.8 Å². The lowest BCUT2D eigenvalue weighted by molar-refractivity contribution is -0.278. The Labute approximate surface area is 260 Å². The first-order valence-corrected chi connectivity index (χ1v) is 13.8. The van der Waals surface area contributed by atoms with Gasteiger partial charge in [-0.15, -0.1) is 0 Å². The number of esters is 1. The number of methoxy groups -OCH3 is 2. The zero-order chi connectivity index (χ0) is 33.1. The van der Waals surface area contributed by atoms with Gasteiger partial charge >= 0.3 is 5.97 Å². The highest BCUT2D eigenvalue weighted by molar-refractivity contribution is 5.89. The Bertz CT molecular complexity index is 1810. The molecule has 0 bridgehead atoms. The van der Waals surface area contributed by atoms with Crippen LogP contribution in [0.15, 0.2) is 69.9 Å². The molecule has 242 valence electrons. The van der Waals surface area contributed by atoms with Crippen LogP contribution in [0.5, 0.6) is 34.5 Å². The number of hydrogen-bond acceptors (Lipinski definition) is 14. The molecule has 0 amide bonds. The molecule has 0 spiro atoms. The molecular formula is C32H30O14. The number of aliphatic hydroxyl groups is 3. The van der Waals surface area contributed by atoms with Crippen LogP contribution < -0.4 is 19.6 Å². The zero-order valence-electron chi connectivity index (χ0n) is 24.4. The van der Waals surface area contributed by atoms with Crippen molar-refractivity contribution in [1.29, 1.82) is 0 Å². The normalized spacial score (nSPS) is 21.3. The number of fused-ring (bicyclic) bond motifs is 1. The van der Waals surface area contributed by atoms with Gasteiger partial charge in [0, 0.05) is 23.8 Å². The number of carbonyl (C=O) groups is 1. The standard InChI is InChI=1S/C32H30O14/c1-41-21-11-15(3-9-18(21)34)4-10-25(36)43-14-24-27(37)29(39)30(40)32(46-24)45-23-13-22-26(28(38)31(23)42-2)19(35)12-20(44-22)16-5-7-17(33)8-6-16/h3-13,24,27,29-30,32-34,37-40H,14H2,1-2H3/t24-,27-,29+,30-,32-/m1/s1. The molecule has 0 aliphatic carbocycles. The monoisotopic (exact) mass is 638 g/mol. The van der Waals surface area contributed by atoms with Crippen LogP contribution in [0.3, 0.4) is 0 Å². The minimum Gasteiger partial charge on any atom is -0.508 e. The number of aromatic hydroxyl groups is 3. The van der Waals surface area contributed by atoms with E-state index in [1.807, 2.05) is 0 Å². The third-order valence-electron chi connectivity index (χ3n) is 7.19. The summed E-state index contributed by atoms with van der Waals surface area (Å²) < 4.78 is 32.7. The second kappa shape index (κ2) is 13.4. The van der Waals surface area contributed by atoms with E-state index in [0.717, 1.165) is 12.1 Å². The smallest absolute Gasteiger partial charge is 0.330 e. The van der Waals surface area contributed by atoms with E-state index >= 15 is 0 Å². The summed E-state index contributed by atoms with van der Waals surface area (Å²) in [5, 5.41) is 61.6. The number of aliphatic hydroxyl groups excluding tert-OH is 3. The van der Waals surface area contributed by atoms with Crippen LogP contribution in [0.1, 0.15) is 5.56 Å². The van der Waals surface area contributed by atoms with Crippen molar-refractivity contribution in [3.05, 3.63) is 76.5 Å². The average molecular weight is 639 g/mol. The summed E-state index contributed by atoms with van der Waals surface area (Å²) in [7, 11) is 2.57. The number of phenols is 3. The first-order chi connectivity index (χ1) is 22.0. The summed E-state index contributed by atoms with van der Waals surface area (Å²) in [5.74, 6) is -1.80. The van der Waals surface area contributed by atoms with E-state index in [0.29, 0.717) is 11.1 Å². The fourth-order valence-electron chi connectivity index (χ4n) is 4.77. The first kappa shape index (κ1) is 32.1. The van der Waals surface area contributed by atoms with E-state index in [1.54, 1.807) is 0 Å². The van der Waals surface area contributed by atoms with E-state index in [2.05, 4.69) is 0 Å². The minimum atomic E-state index is -1.82. The second-order valence-electron chi connectivity index (χ2n) is 10.2. The third kappa shape index (κ3) is 6.55. The van der Waals surface area contributed by atoms with Gasteiger partial charge in [0.15, 0.2) is 28.4 Å². The fourth-order valence-corrected chi connectivity index (χ4v) is 4.77. The van der Waals surface area contributed by atoms with Crippen LogP contribution in [-0.4, -0.2) is 88.1 Å². The molecule has 14 heteroatoms. The number of ether oxygens (including phenoxy) is 5. The molecule has 1 aliphatic rings. The molecule has 1 aliphatic heterocycles. The van der Waals surface area contributed by atoms with E-state index in [9.17, 15) is 40.2 Å². The first-order valence-electron chi connectivity index (χ1n) is 13.8. The number of hydrogen-bond donors (Lipinski definition) is 6. The molecule has 4 aromatic rings. The van der Waals surface area contributed by atoms with Crippen LogP contribution in [0.2, 0.25) is 0 Å². The van der Waals surface area contributed by atoms with E-state index < -0.39 is 54.5 Å². The van der Waals surface area contributed by atoms with Gasteiger partial charge in [-0.1, -0.05) is 6.07 Å². The zero-order valence-corrected chi connectivity index (χ0v) is 24.4. The number of phenolic OH excluding ortho intramolecular Hbond substituents is 3. The largest absolute Gasteiger partial charge is 0.508 e. The van der Waals surface area contributed by atoms with Crippen molar-refractivity contribution >= 4 is 23.0 Å². The molecule has 1 aromatic heterocycles. The molecule has 3 aromatic carbocycles. The molecule has 0 saturated carbocycles. The van der Waals surface area contributed by atoms with Gasteiger partial charge in [-0.2, -0.15) is 0 Å². The highest BCUT2D eigenvalue weighted by atomic mass is 16.7. The molecule has 14 nitrogen and oxygen atoms in total. The highest BCUT2D eigenvalue weighted by Gasteiger charge is 2.46. The van der Waals surface area contributed by atoms with E-state index in [-0.39, 0.29) is 45.5 Å². The van der Waals surface area contributed by atoms with Gasteiger partial charge < -0.3 is 58.7 Å². The lowest BCUT2D eigenvalue weighted by atomic mass is 9.99. The van der Waals surface area contributed by atoms with Gasteiger partial charge in [-0.3, -0.25) is 4.79 Å². The highest BCUT2D eigenvalue weighted by Crippen LogP contribution is 2.43. The topological polar surface area (TPSA) is 215 Å². The fraction of sp³-hybridized carbons (Fsp3) is 0.250. The molecule has 1 saturated heterocycles. The van der Waals surface area contributed by atoms with E-state index in [4.69, 9.17) is 28.1 Å². The Hall–Kier alpha value is -5.28. The SMILES string of the molecule is COc1cc(C=CC(=O)OC[C@H]2O[C@@H](Oc3cc4oc(-c5ccc(O)cc5)cc(=O)c4c(O)c3OC)[C@H](O)[C@@H](O)[C@@H]2O)ccc1O. The maximum absolute atomic E-state index is 12.9. The molecule has 6 N–H and O–H groups in total. The van der Waals surface area contributed by atoms with Gasteiger partial charge in [-0.05, 0) is 48.0 Å². The van der Waals surface area contributed by atoms with Gasteiger partial charge in [-0.25, -0.2) is 4.79 Å². The molecular weight excluding hydrogens is 608 g/mol. The number of rotatable bonds is 9. The van der Waals surface area contributed by atoms with Crippen LogP contribution in [0.4, 0.5) is 0 Å². The molecule has 5 atom stereocenters. The van der Waals surface area contributed by atoms with Crippen molar-refractivity contribution in [2.45, 2.75) is 30.7 Å². The third-order valence-corrected chi connectivity index (χ3v) is 7.19. The molecule has 1 fully saturated rings. The van der Waals surface area contributed by atoms with Crippen molar-refractivity contribution in [1.82, 2.24) is 0 Å². The maximum atomic E-state index is 12.9. The summed E-state index contributed by atoms with van der Waals surface area (Å²) in [6, 6.07) is 12.6. The van der Waals surface area contributed by atoms with Gasteiger partial charge in [0.2, 0.25) is 12.0 Å². The van der Waals surface area contributed by atoms with E-state index in [1.165, 1.54) is 68.8 Å². The average Bonchev–Trinajstić information content (AvgIpc) is 3.04. The Morgan fingerprint density at radius 1 is 0.891 bits per heavy atom. The van der Waals surface area contributed by atoms with Crippen LogP contribution in [0, 0.1) is 0 Å². The summed E-state index contributed by atoms with van der Waals surface area (Å²) in [4.78, 5) is 25.3. The van der Waals surface area contributed by atoms with Crippen molar-refractivity contribution in [2.24, 2.45) is 0 Å². The van der Waals surface area contributed by atoms with Crippen molar-refractivity contribution in [3.63, 3.8) is 0 Å². The second-order valence-corrected chi connectivity index (χ2v) is 10.2. The molecule has 5 rings (SSSR count). The predicted octanol–water partition coefficient (Wildman–Crippen LogP) is 2.04. The van der Waals surface area contributed by atoms with Crippen LogP contribution in [-0.2, 0) is 14.3 Å². The maximum Gasteiger partial charge on any atom is 0.330 e. The Morgan fingerprint density at radius 2 is 1.63 bits per heavy atom. The number of carbonyl (C=O) groups excluding carboxylic acids is 1. The van der Waals surface area contributed by atoms with Gasteiger partial charge in [0.1, 0.15) is 53.5 Å². The summed E-state index contributed by atoms with van der Waals surface area (Å²) in [6.45, 7) is -0.558. The van der Waals surface area contributed by atoms with Gasteiger partial charge in [0.05, 0.1) is 14.2 Å². The Balaban J connectivity index is 1.36. The van der Waals surface area contributed by atoms with Crippen LogP contribution in [0.25, 0.3) is 28.4 Å². The summed E-state index contributed by atoms with van der Waals surface area (Å²) >= 11 is 0. The van der Waals surface area contributed by atoms with Crippen LogP contribution >= 0.6 is 0 Å².